The van der Waals surface area contributed by atoms with Crippen molar-refractivity contribution in [3.05, 3.63) is 65.7 Å². The van der Waals surface area contributed by atoms with Crippen molar-refractivity contribution in [2.45, 2.75) is 38.8 Å². The summed E-state index contributed by atoms with van der Waals surface area (Å²) in [5.41, 5.74) is 1.81. The number of rotatable bonds is 5. The third-order valence-corrected chi connectivity index (χ3v) is 5.16. The lowest BCUT2D eigenvalue weighted by Crippen LogP contribution is -2.43. The van der Waals surface area contributed by atoms with Gasteiger partial charge < -0.3 is 10.2 Å². The smallest absolute Gasteiger partial charge is 0.223 e. The standard InChI is InChI=1S/C21H26FN3O/c1-15(2)25-13-9-18(10-14-25)21(26)24-20(17-7-11-23-12-8-17)16-3-5-19(22)6-4-16/h3-8,11-12,15,18,20H,9-10,13-14H2,1-2H3,(H,24,26)/t20-/m1/s1. The minimum atomic E-state index is -0.297. The molecule has 1 aromatic heterocycles. The highest BCUT2D eigenvalue weighted by molar-refractivity contribution is 5.79. The summed E-state index contributed by atoms with van der Waals surface area (Å²) in [7, 11) is 0. The van der Waals surface area contributed by atoms with Gasteiger partial charge in [0.15, 0.2) is 0 Å². The molecule has 3 rings (SSSR count). The number of nitrogens with zero attached hydrogens (tertiary/aromatic N) is 2. The van der Waals surface area contributed by atoms with E-state index in [-0.39, 0.29) is 23.7 Å². The highest BCUT2D eigenvalue weighted by Crippen LogP contribution is 2.25. The quantitative estimate of drug-likeness (QED) is 0.892. The number of carbonyl (C=O) groups excluding carboxylic acids is 1. The number of likely N-dealkylation sites (tertiary alicyclic amines) is 1. The van der Waals surface area contributed by atoms with Gasteiger partial charge in [0.05, 0.1) is 6.04 Å². The molecule has 1 saturated heterocycles. The maximum absolute atomic E-state index is 13.3. The Morgan fingerprint density at radius 2 is 1.65 bits per heavy atom. The van der Waals surface area contributed by atoms with Crippen LogP contribution in [0, 0.1) is 11.7 Å². The summed E-state index contributed by atoms with van der Waals surface area (Å²) in [6.45, 7) is 6.28. The van der Waals surface area contributed by atoms with Crippen LogP contribution in [0.5, 0.6) is 0 Å². The molecule has 4 nitrogen and oxygen atoms in total. The third kappa shape index (κ3) is 4.47. The summed E-state index contributed by atoms with van der Waals surface area (Å²) in [6.07, 6.45) is 5.16. The van der Waals surface area contributed by atoms with E-state index >= 15 is 0 Å². The predicted octanol–water partition coefficient (Wildman–Crippen LogP) is 3.55. The maximum atomic E-state index is 13.3. The van der Waals surface area contributed by atoms with Gasteiger partial charge in [-0.1, -0.05) is 12.1 Å². The Kier molecular flexibility index (Phi) is 5.99. The highest BCUT2D eigenvalue weighted by atomic mass is 19.1. The first-order chi connectivity index (χ1) is 12.5. The molecule has 1 atom stereocenters. The average Bonchev–Trinajstić information content (AvgIpc) is 2.67. The monoisotopic (exact) mass is 355 g/mol. The Labute approximate surface area is 154 Å². The Balaban J connectivity index is 1.74. The topological polar surface area (TPSA) is 45.2 Å². The lowest BCUT2D eigenvalue weighted by atomic mass is 9.93. The lowest BCUT2D eigenvalue weighted by molar-refractivity contribution is -0.127. The molecule has 1 aromatic carbocycles. The van der Waals surface area contributed by atoms with Gasteiger partial charge in [-0.2, -0.15) is 0 Å². The van der Waals surface area contributed by atoms with E-state index in [1.54, 1.807) is 24.5 Å². The van der Waals surface area contributed by atoms with E-state index in [0.29, 0.717) is 6.04 Å². The molecular formula is C21H26FN3O. The van der Waals surface area contributed by atoms with Crippen molar-refractivity contribution >= 4 is 5.91 Å². The molecule has 2 heterocycles. The number of pyridine rings is 1. The van der Waals surface area contributed by atoms with E-state index in [4.69, 9.17) is 0 Å². The third-order valence-electron chi connectivity index (χ3n) is 5.16. The molecule has 2 aromatic rings. The Hall–Kier alpha value is -2.27. The Bertz CT molecular complexity index is 710. The number of amides is 1. The minimum absolute atomic E-state index is 0.0229. The van der Waals surface area contributed by atoms with Crippen molar-refractivity contribution in [3.63, 3.8) is 0 Å². The first-order valence-corrected chi connectivity index (χ1v) is 9.24. The van der Waals surface area contributed by atoms with E-state index in [1.165, 1.54) is 12.1 Å². The van der Waals surface area contributed by atoms with Crippen molar-refractivity contribution in [3.8, 4) is 0 Å². The van der Waals surface area contributed by atoms with Crippen molar-refractivity contribution in [1.29, 1.82) is 0 Å². The second kappa shape index (κ2) is 8.41. The average molecular weight is 355 g/mol. The summed E-state index contributed by atoms with van der Waals surface area (Å²) in [4.78, 5) is 19.3. The summed E-state index contributed by atoms with van der Waals surface area (Å²) in [5.74, 6) is -0.191. The van der Waals surface area contributed by atoms with E-state index in [2.05, 4.69) is 29.0 Å². The van der Waals surface area contributed by atoms with Gasteiger partial charge >= 0.3 is 0 Å². The molecule has 26 heavy (non-hydrogen) atoms. The van der Waals surface area contributed by atoms with Gasteiger partial charge in [-0.15, -0.1) is 0 Å². The van der Waals surface area contributed by atoms with Crippen LogP contribution in [0.3, 0.4) is 0 Å². The van der Waals surface area contributed by atoms with E-state index < -0.39 is 0 Å². The van der Waals surface area contributed by atoms with Crippen molar-refractivity contribution in [1.82, 2.24) is 15.2 Å². The van der Waals surface area contributed by atoms with Crippen molar-refractivity contribution in [2.24, 2.45) is 5.92 Å². The zero-order valence-corrected chi connectivity index (χ0v) is 15.4. The number of piperidine rings is 1. The number of hydrogen-bond acceptors (Lipinski definition) is 3. The number of benzene rings is 1. The maximum Gasteiger partial charge on any atom is 0.223 e. The van der Waals surface area contributed by atoms with Gasteiger partial charge in [0.25, 0.3) is 0 Å². The van der Waals surface area contributed by atoms with Gasteiger partial charge in [-0.3, -0.25) is 9.78 Å². The number of nitrogens with one attached hydrogen (secondary N) is 1. The number of aromatic nitrogens is 1. The van der Waals surface area contributed by atoms with Crippen molar-refractivity contribution < 1.29 is 9.18 Å². The molecule has 1 amide bonds. The SMILES string of the molecule is CC(C)N1CCC(C(=O)N[C@@H](c2ccncc2)c2ccc(F)cc2)CC1. The second-order valence-electron chi connectivity index (χ2n) is 7.18. The van der Waals surface area contributed by atoms with Crippen LogP contribution in [0.1, 0.15) is 43.9 Å². The highest BCUT2D eigenvalue weighted by Gasteiger charge is 2.28. The summed E-state index contributed by atoms with van der Waals surface area (Å²) in [6, 6.07) is 10.3. The molecule has 0 aliphatic carbocycles. The van der Waals surface area contributed by atoms with Crippen LogP contribution in [0.25, 0.3) is 0 Å². The van der Waals surface area contributed by atoms with Crippen LogP contribution in [-0.2, 0) is 4.79 Å². The molecule has 0 spiro atoms. The van der Waals surface area contributed by atoms with Crippen LogP contribution in [0.4, 0.5) is 4.39 Å². The van der Waals surface area contributed by atoms with Gasteiger partial charge in [0.1, 0.15) is 5.82 Å². The first kappa shape index (κ1) is 18.5. The molecule has 138 valence electrons. The molecule has 1 aliphatic heterocycles. The van der Waals surface area contributed by atoms with Gasteiger partial charge in [-0.25, -0.2) is 4.39 Å². The molecule has 1 aliphatic rings. The fourth-order valence-corrected chi connectivity index (χ4v) is 3.51. The van der Waals surface area contributed by atoms with Gasteiger partial charge in [0.2, 0.25) is 5.91 Å². The normalized spacial score (nSPS) is 17.2. The van der Waals surface area contributed by atoms with Gasteiger partial charge in [-0.05, 0) is 75.2 Å². The molecule has 1 N–H and O–H groups in total. The second-order valence-corrected chi connectivity index (χ2v) is 7.18. The zero-order valence-electron chi connectivity index (χ0n) is 15.4. The molecule has 0 radical (unpaired) electrons. The molecule has 1 fully saturated rings. The number of carbonyl (C=O) groups is 1. The molecule has 0 bridgehead atoms. The van der Waals surface area contributed by atoms with Crippen LogP contribution in [-0.4, -0.2) is 34.9 Å². The zero-order chi connectivity index (χ0) is 18.5. The fourth-order valence-electron chi connectivity index (χ4n) is 3.51. The van der Waals surface area contributed by atoms with Crippen LogP contribution in [0.15, 0.2) is 48.8 Å². The van der Waals surface area contributed by atoms with Crippen LogP contribution >= 0.6 is 0 Å². The summed E-state index contributed by atoms with van der Waals surface area (Å²) >= 11 is 0. The van der Waals surface area contributed by atoms with Crippen LogP contribution < -0.4 is 5.32 Å². The van der Waals surface area contributed by atoms with Gasteiger partial charge in [0, 0.05) is 24.4 Å². The largest absolute Gasteiger partial charge is 0.345 e. The summed E-state index contributed by atoms with van der Waals surface area (Å²) < 4.78 is 13.3. The molecule has 0 unspecified atom stereocenters. The number of hydrogen-bond donors (Lipinski definition) is 1. The minimum Gasteiger partial charge on any atom is -0.345 e. The van der Waals surface area contributed by atoms with E-state index in [1.807, 2.05) is 12.1 Å². The van der Waals surface area contributed by atoms with Crippen LogP contribution in [0.2, 0.25) is 0 Å². The molecular weight excluding hydrogens is 329 g/mol. The summed E-state index contributed by atoms with van der Waals surface area (Å²) in [5, 5.41) is 3.18. The van der Waals surface area contributed by atoms with E-state index in [9.17, 15) is 9.18 Å². The lowest BCUT2D eigenvalue weighted by Gasteiger charge is -2.34. The number of halogens is 1. The first-order valence-electron chi connectivity index (χ1n) is 9.24. The fraction of sp³-hybridized carbons (Fsp3) is 0.429. The Morgan fingerprint density at radius 3 is 2.23 bits per heavy atom. The van der Waals surface area contributed by atoms with E-state index in [0.717, 1.165) is 37.1 Å². The molecule has 5 heteroatoms. The van der Waals surface area contributed by atoms with Crippen molar-refractivity contribution in [2.75, 3.05) is 13.1 Å². The Morgan fingerprint density at radius 1 is 1.08 bits per heavy atom. The molecule has 0 saturated carbocycles. The predicted molar refractivity (Wildman–Crippen MR) is 100 cm³/mol.